The van der Waals surface area contributed by atoms with E-state index in [1.54, 1.807) is 0 Å². The molecule has 0 saturated carbocycles. The van der Waals surface area contributed by atoms with Gasteiger partial charge in [0.05, 0.1) is 22.9 Å². The highest BCUT2D eigenvalue weighted by Gasteiger charge is 2.23. The Balaban J connectivity index is 2.13. The Morgan fingerprint density at radius 2 is 1.81 bits per heavy atom. The summed E-state index contributed by atoms with van der Waals surface area (Å²) >= 11 is 0. The van der Waals surface area contributed by atoms with Gasteiger partial charge in [0.2, 0.25) is 26.0 Å². The van der Waals surface area contributed by atoms with Crippen LogP contribution < -0.4 is 9.62 Å². The summed E-state index contributed by atoms with van der Waals surface area (Å²) in [6.07, 6.45) is 2.75. The van der Waals surface area contributed by atoms with Crippen molar-refractivity contribution in [1.82, 2.24) is 9.62 Å². The fourth-order valence-electron chi connectivity index (χ4n) is 2.61. The lowest BCUT2D eigenvalue weighted by atomic mass is 10.2. The lowest BCUT2D eigenvalue weighted by Gasteiger charge is -2.22. The summed E-state index contributed by atoms with van der Waals surface area (Å²) < 4.78 is 55.9. The maximum absolute atomic E-state index is 12.2. The van der Waals surface area contributed by atoms with Gasteiger partial charge in [-0.15, -0.1) is 0 Å². The number of carbonyl (C=O) groups excluding carboxylic acids is 1. The van der Waals surface area contributed by atoms with Crippen LogP contribution in [0.4, 0.5) is 5.69 Å². The van der Waals surface area contributed by atoms with Gasteiger partial charge in [-0.1, -0.05) is 0 Å². The van der Waals surface area contributed by atoms with E-state index < -0.39 is 32.5 Å². The second kappa shape index (κ2) is 8.55. The normalized spacial score (nSPS) is 17.9. The van der Waals surface area contributed by atoms with Crippen LogP contribution >= 0.6 is 0 Å². The summed E-state index contributed by atoms with van der Waals surface area (Å²) in [7, 11) is -4.54. The second-order valence-electron chi connectivity index (χ2n) is 6.49. The zero-order chi connectivity index (χ0) is 20.2. The molecule has 1 saturated heterocycles. The molecule has 0 aromatic heterocycles. The van der Waals surface area contributed by atoms with Crippen molar-refractivity contribution in [3.05, 3.63) is 24.3 Å². The van der Waals surface area contributed by atoms with Gasteiger partial charge in [0.25, 0.3) is 0 Å². The minimum Gasteiger partial charge on any atom is -0.376 e. The van der Waals surface area contributed by atoms with Gasteiger partial charge in [0.15, 0.2) is 0 Å². The van der Waals surface area contributed by atoms with Crippen LogP contribution in [0, 0.1) is 0 Å². The van der Waals surface area contributed by atoms with E-state index in [0.29, 0.717) is 13.2 Å². The number of benzene rings is 1. The monoisotopic (exact) mass is 419 g/mol. The van der Waals surface area contributed by atoms with E-state index >= 15 is 0 Å². The van der Waals surface area contributed by atoms with Gasteiger partial charge in [-0.05, 0) is 37.1 Å². The summed E-state index contributed by atoms with van der Waals surface area (Å²) in [6.45, 7) is 0.597. The third-order valence-corrected chi connectivity index (χ3v) is 7.11. The molecule has 152 valence electrons. The van der Waals surface area contributed by atoms with Crippen molar-refractivity contribution in [2.24, 2.45) is 0 Å². The van der Waals surface area contributed by atoms with Gasteiger partial charge in [0, 0.05) is 27.2 Å². The molecule has 1 aromatic rings. The maximum atomic E-state index is 12.2. The third-order valence-electron chi connectivity index (χ3n) is 4.14. The summed E-state index contributed by atoms with van der Waals surface area (Å²) in [5.74, 6) is -0.457. The van der Waals surface area contributed by atoms with Crippen molar-refractivity contribution in [2.45, 2.75) is 23.8 Å². The molecule has 1 amide bonds. The Labute approximate surface area is 160 Å². The van der Waals surface area contributed by atoms with Crippen LogP contribution in [-0.4, -0.2) is 73.2 Å². The standard InChI is InChI=1S/C16H25N3O6S2/c1-18(2)27(23,24)15-8-6-13(7-9-15)19(26(3,21)22)12-16(20)17-11-14-5-4-10-25-14/h6-9,14H,4-5,10-12H2,1-3H3,(H,17,20). The minimum atomic E-state index is -3.73. The lowest BCUT2D eigenvalue weighted by Crippen LogP contribution is -2.42. The molecule has 1 aliphatic rings. The van der Waals surface area contributed by atoms with E-state index in [-0.39, 0.29) is 16.7 Å². The van der Waals surface area contributed by atoms with E-state index in [4.69, 9.17) is 4.74 Å². The van der Waals surface area contributed by atoms with E-state index in [2.05, 4.69) is 5.32 Å². The fourth-order valence-corrected chi connectivity index (χ4v) is 4.37. The maximum Gasteiger partial charge on any atom is 0.242 e. The van der Waals surface area contributed by atoms with Crippen molar-refractivity contribution in [1.29, 1.82) is 0 Å². The quantitative estimate of drug-likeness (QED) is 0.635. The van der Waals surface area contributed by atoms with Crippen LogP contribution in [0.25, 0.3) is 0 Å². The number of ether oxygens (including phenoxy) is 1. The van der Waals surface area contributed by atoms with Gasteiger partial charge in [0.1, 0.15) is 6.54 Å². The van der Waals surface area contributed by atoms with Gasteiger partial charge in [-0.3, -0.25) is 9.10 Å². The number of rotatable bonds is 8. The Bertz CT molecular complexity index is 860. The molecular weight excluding hydrogens is 394 g/mol. The number of anilines is 1. The highest BCUT2D eigenvalue weighted by atomic mass is 32.2. The molecule has 9 nitrogen and oxygen atoms in total. The Hall–Kier alpha value is -1.69. The van der Waals surface area contributed by atoms with Crippen LogP contribution in [0.1, 0.15) is 12.8 Å². The number of carbonyl (C=O) groups is 1. The first-order valence-corrected chi connectivity index (χ1v) is 11.7. The Morgan fingerprint density at radius 3 is 2.30 bits per heavy atom. The number of nitrogens with one attached hydrogen (secondary N) is 1. The molecule has 0 bridgehead atoms. The first kappa shape index (κ1) is 21.6. The molecule has 1 fully saturated rings. The van der Waals surface area contributed by atoms with Crippen LogP contribution in [0.2, 0.25) is 0 Å². The topological polar surface area (TPSA) is 113 Å². The van der Waals surface area contributed by atoms with Crippen molar-refractivity contribution in [3.8, 4) is 0 Å². The predicted octanol–water partition coefficient (Wildman–Crippen LogP) is -0.00190. The predicted molar refractivity (Wildman–Crippen MR) is 101 cm³/mol. The van der Waals surface area contributed by atoms with Crippen molar-refractivity contribution >= 4 is 31.6 Å². The molecule has 0 radical (unpaired) electrons. The lowest BCUT2D eigenvalue weighted by molar-refractivity contribution is -0.120. The van der Waals surface area contributed by atoms with Crippen LogP contribution in [0.15, 0.2) is 29.2 Å². The van der Waals surface area contributed by atoms with E-state index in [9.17, 15) is 21.6 Å². The Morgan fingerprint density at radius 1 is 1.19 bits per heavy atom. The summed E-state index contributed by atoms with van der Waals surface area (Å²) in [5.41, 5.74) is 0.211. The number of sulfonamides is 2. The summed E-state index contributed by atoms with van der Waals surface area (Å²) in [5, 5.41) is 2.67. The van der Waals surface area contributed by atoms with E-state index in [0.717, 1.165) is 27.7 Å². The number of nitrogens with zero attached hydrogens (tertiary/aromatic N) is 2. The summed E-state index contributed by atoms with van der Waals surface area (Å²) in [6, 6.07) is 5.36. The molecule has 0 spiro atoms. The van der Waals surface area contributed by atoms with Crippen molar-refractivity contribution in [2.75, 3.05) is 44.4 Å². The highest BCUT2D eigenvalue weighted by Crippen LogP contribution is 2.21. The molecule has 1 aromatic carbocycles. The number of hydrogen-bond donors (Lipinski definition) is 1. The first-order valence-electron chi connectivity index (χ1n) is 8.40. The summed E-state index contributed by atoms with van der Waals surface area (Å²) in [4.78, 5) is 12.2. The van der Waals surface area contributed by atoms with Crippen molar-refractivity contribution in [3.63, 3.8) is 0 Å². The van der Waals surface area contributed by atoms with Gasteiger partial charge < -0.3 is 10.1 Å². The van der Waals surface area contributed by atoms with E-state index in [1.807, 2.05) is 0 Å². The fraction of sp³-hybridized carbons (Fsp3) is 0.562. The molecule has 2 rings (SSSR count). The molecule has 1 aliphatic heterocycles. The smallest absolute Gasteiger partial charge is 0.242 e. The van der Waals surface area contributed by atoms with Crippen LogP contribution in [0.5, 0.6) is 0 Å². The number of hydrogen-bond acceptors (Lipinski definition) is 6. The zero-order valence-corrected chi connectivity index (χ0v) is 17.2. The molecule has 27 heavy (non-hydrogen) atoms. The van der Waals surface area contributed by atoms with E-state index in [1.165, 1.54) is 38.4 Å². The highest BCUT2D eigenvalue weighted by molar-refractivity contribution is 7.92. The van der Waals surface area contributed by atoms with Gasteiger partial charge in [-0.2, -0.15) is 0 Å². The SMILES string of the molecule is CN(C)S(=O)(=O)c1ccc(N(CC(=O)NCC2CCCO2)S(C)(=O)=O)cc1. The number of amides is 1. The molecule has 1 unspecified atom stereocenters. The van der Waals surface area contributed by atoms with Gasteiger partial charge in [-0.25, -0.2) is 21.1 Å². The molecule has 11 heteroatoms. The third kappa shape index (κ3) is 5.64. The molecule has 1 atom stereocenters. The minimum absolute atomic E-state index is 0.0348. The Kier molecular flexibility index (Phi) is 6.84. The first-order chi connectivity index (χ1) is 12.5. The average Bonchev–Trinajstić information content (AvgIpc) is 3.10. The van der Waals surface area contributed by atoms with Crippen molar-refractivity contribution < 1.29 is 26.4 Å². The average molecular weight is 420 g/mol. The van der Waals surface area contributed by atoms with Gasteiger partial charge >= 0.3 is 0 Å². The molecular formula is C16H25N3O6S2. The van der Waals surface area contributed by atoms with Crippen LogP contribution in [0.3, 0.4) is 0 Å². The van der Waals surface area contributed by atoms with Crippen LogP contribution in [-0.2, 0) is 29.6 Å². The zero-order valence-electron chi connectivity index (χ0n) is 15.6. The second-order valence-corrected chi connectivity index (χ2v) is 10.5. The molecule has 1 heterocycles. The molecule has 0 aliphatic carbocycles. The molecule has 1 N–H and O–H groups in total. The largest absolute Gasteiger partial charge is 0.376 e.